The molecule has 0 bridgehead atoms. The number of aliphatic hydroxyl groups excluding tert-OH is 3. The van der Waals surface area contributed by atoms with Gasteiger partial charge in [-0.25, -0.2) is 19.9 Å². The lowest BCUT2D eigenvalue weighted by Gasteiger charge is -2.16. The number of fused-ring (bicyclic) bond motifs is 1. The van der Waals surface area contributed by atoms with Gasteiger partial charge in [0.15, 0.2) is 23.2 Å². The average molecular weight is 451 g/mol. The number of hydrogen-bond donors (Lipinski definition) is 5. The van der Waals surface area contributed by atoms with E-state index in [0.29, 0.717) is 27.8 Å². The normalized spacial score (nSPS) is 23.9. The molecule has 0 aromatic carbocycles. The highest BCUT2D eigenvalue weighted by Crippen LogP contribution is 2.32. The summed E-state index contributed by atoms with van der Waals surface area (Å²) in [6.07, 6.45) is 2.75. The van der Waals surface area contributed by atoms with Gasteiger partial charge in [0, 0.05) is 6.42 Å². The Labute approximate surface area is 182 Å². The first-order valence-corrected chi connectivity index (χ1v) is 10.2. The number of nitrogens with zero attached hydrogens (tertiary/aromatic N) is 6. The van der Waals surface area contributed by atoms with Gasteiger partial charge in [-0.15, -0.1) is 0 Å². The van der Waals surface area contributed by atoms with E-state index >= 15 is 0 Å². The van der Waals surface area contributed by atoms with Crippen molar-refractivity contribution in [3.63, 3.8) is 0 Å². The van der Waals surface area contributed by atoms with Crippen LogP contribution in [0.4, 0.5) is 5.82 Å². The molecule has 4 heterocycles. The lowest BCUT2D eigenvalue weighted by Crippen LogP contribution is -2.33. The van der Waals surface area contributed by atoms with Crippen molar-refractivity contribution in [2.24, 2.45) is 5.10 Å². The summed E-state index contributed by atoms with van der Waals surface area (Å²) in [5, 5.41) is 34.1. The number of aromatic nitrogens is 6. The number of aromatic amines is 1. The SMILES string of the molecule is CCCCc1nc(/C=N/Nc2ncnc3c2ncn3[C@@H]2O[C@H](CO)[C@@H](O)[C@H]2O)c(Cl)[nH]1. The van der Waals surface area contributed by atoms with E-state index in [1.54, 1.807) is 0 Å². The Balaban J connectivity index is 1.52. The summed E-state index contributed by atoms with van der Waals surface area (Å²) in [6, 6.07) is 0. The Hall–Kier alpha value is -2.64. The second kappa shape index (κ2) is 9.24. The summed E-state index contributed by atoms with van der Waals surface area (Å²) < 4.78 is 7.02. The van der Waals surface area contributed by atoms with Gasteiger partial charge in [-0.3, -0.25) is 9.99 Å². The summed E-state index contributed by atoms with van der Waals surface area (Å²) in [7, 11) is 0. The molecule has 4 atom stereocenters. The van der Waals surface area contributed by atoms with E-state index < -0.39 is 31.1 Å². The van der Waals surface area contributed by atoms with Crippen molar-refractivity contribution < 1.29 is 20.1 Å². The lowest BCUT2D eigenvalue weighted by molar-refractivity contribution is -0.0511. The molecule has 3 aromatic rings. The molecule has 0 unspecified atom stereocenters. The number of imidazole rings is 2. The van der Waals surface area contributed by atoms with Crippen molar-refractivity contribution in [3.8, 4) is 0 Å². The highest BCUT2D eigenvalue weighted by Gasteiger charge is 2.44. The monoisotopic (exact) mass is 450 g/mol. The molecule has 0 aliphatic carbocycles. The molecule has 1 aliphatic rings. The number of unbranched alkanes of at least 4 members (excludes halogenated alkanes) is 1. The number of aliphatic hydroxyl groups is 3. The van der Waals surface area contributed by atoms with E-state index in [1.807, 2.05) is 0 Å². The molecule has 166 valence electrons. The first kappa shape index (κ1) is 21.6. The molecule has 1 aliphatic heterocycles. The number of nitrogens with one attached hydrogen (secondary N) is 2. The van der Waals surface area contributed by atoms with Gasteiger partial charge in [0.1, 0.15) is 41.3 Å². The Bertz CT molecular complexity index is 1070. The Morgan fingerprint density at radius 1 is 1.32 bits per heavy atom. The number of anilines is 1. The van der Waals surface area contributed by atoms with Crippen molar-refractivity contribution in [1.82, 2.24) is 29.5 Å². The number of aryl methyl sites for hydroxylation is 1. The topological polar surface area (TPSA) is 167 Å². The summed E-state index contributed by atoms with van der Waals surface area (Å²) in [6.45, 7) is 1.68. The molecule has 4 rings (SSSR count). The van der Waals surface area contributed by atoms with Gasteiger partial charge in [0.05, 0.1) is 19.1 Å². The van der Waals surface area contributed by atoms with E-state index in [9.17, 15) is 15.3 Å². The van der Waals surface area contributed by atoms with Gasteiger partial charge in [-0.2, -0.15) is 5.10 Å². The molecule has 0 spiro atoms. The number of H-pyrrole nitrogens is 1. The van der Waals surface area contributed by atoms with Crippen LogP contribution in [0.5, 0.6) is 0 Å². The summed E-state index contributed by atoms with van der Waals surface area (Å²) in [5.74, 6) is 1.12. The number of rotatable bonds is 8. The predicted molar refractivity (Wildman–Crippen MR) is 112 cm³/mol. The van der Waals surface area contributed by atoms with Gasteiger partial charge < -0.3 is 25.0 Å². The van der Waals surface area contributed by atoms with E-state index in [2.05, 4.69) is 42.4 Å². The Morgan fingerprint density at radius 2 is 2.16 bits per heavy atom. The molecular formula is C18H23ClN8O4. The van der Waals surface area contributed by atoms with Crippen LogP contribution in [0.2, 0.25) is 5.15 Å². The molecule has 1 fully saturated rings. The molecule has 5 N–H and O–H groups in total. The maximum Gasteiger partial charge on any atom is 0.177 e. The van der Waals surface area contributed by atoms with Crippen molar-refractivity contribution in [2.45, 2.75) is 50.7 Å². The van der Waals surface area contributed by atoms with Crippen LogP contribution in [0.15, 0.2) is 17.8 Å². The first-order chi connectivity index (χ1) is 15.0. The minimum Gasteiger partial charge on any atom is -0.394 e. The van der Waals surface area contributed by atoms with E-state index in [4.69, 9.17) is 16.3 Å². The van der Waals surface area contributed by atoms with Crippen molar-refractivity contribution in [1.29, 1.82) is 0 Å². The van der Waals surface area contributed by atoms with Crippen molar-refractivity contribution in [2.75, 3.05) is 12.0 Å². The second-order valence-corrected chi connectivity index (χ2v) is 7.51. The fourth-order valence-corrected chi connectivity index (χ4v) is 3.55. The minimum atomic E-state index is -1.25. The largest absolute Gasteiger partial charge is 0.394 e. The zero-order chi connectivity index (χ0) is 22.0. The predicted octanol–water partition coefficient (Wildman–Crippen LogP) is 0.603. The summed E-state index contributed by atoms with van der Waals surface area (Å²) in [4.78, 5) is 20.0. The highest BCUT2D eigenvalue weighted by atomic mass is 35.5. The first-order valence-electron chi connectivity index (χ1n) is 9.87. The highest BCUT2D eigenvalue weighted by molar-refractivity contribution is 6.31. The van der Waals surface area contributed by atoms with Gasteiger partial charge in [-0.05, 0) is 6.42 Å². The fourth-order valence-electron chi connectivity index (χ4n) is 3.35. The van der Waals surface area contributed by atoms with Crippen LogP contribution in [0.1, 0.15) is 37.5 Å². The molecule has 3 aromatic heterocycles. The second-order valence-electron chi connectivity index (χ2n) is 7.13. The third-order valence-corrected chi connectivity index (χ3v) is 5.30. The lowest BCUT2D eigenvalue weighted by atomic mass is 10.1. The van der Waals surface area contributed by atoms with Crippen LogP contribution >= 0.6 is 11.6 Å². The smallest absolute Gasteiger partial charge is 0.177 e. The third kappa shape index (κ3) is 4.25. The van der Waals surface area contributed by atoms with Gasteiger partial charge in [-0.1, -0.05) is 24.9 Å². The Morgan fingerprint density at radius 3 is 2.90 bits per heavy atom. The molecule has 1 saturated heterocycles. The summed E-state index contributed by atoms with van der Waals surface area (Å²) >= 11 is 6.17. The van der Waals surface area contributed by atoms with Crippen LogP contribution < -0.4 is 5.43 Å². The van der Waals surface area contributed by atoms with Gasteiger partial charge >= 0.3 is 0 Å². The van der Waals surface area contributed by atoms with E-state index in [1.165, 1.54) is 23.4 Å². The van der Waals surface area contributed by atoms with Gasteiger partial charge in [0.2, 0.25) is 0 Å². The van der Waals surface area contributed by atoms with Crippen LogP contribution in [0.25, 0.3) is 11.2 Å². The number of halogens is 1. The van der Waals surface area contributed by atoms with E-state index in [-0.39, 0.29) is 0 Å². The van der Waals surface area contributed by atoms with Crippen LogP contribution in [0.3, 0.4) is 0 Å². The maximum absolute atomic E-state index is 10.3. The molecule has 0 saturated carbocycles. The van der Waals surface area contributed by atoms with Crippen molar-refractivity contribution >= 4 is 34.8 Å². The zero-order valence-corrected chi connectivity index (χ0v) is 17.4. The van der Waals surface area contributed by atoms with Crippen molar-refractivity contribution in [3.05, 3.63) is 29.3 Å². The van der Waals surface area contributed by atoms with Gasteiger partial charge in [0.25, 0.3) is 0 Å². The Kier molecular flexibility index (Phi) is 6.43. The van der Waals surface area contributed by atoms with E-state index in [0.717, 1.165) is 25.1 Å². The minimum absolute atomic E-state index is 0.324. The molecular weight excluding hydrogens is 428 g/mol. The zero-order valence-electron chi connectivity index (χ0n) is 16.7. The number of ether oxygens (including phenoxy) is 1. The molecule has 13 heteroatoms. The average Bonchev–Trinajstić information content (AvgIpc) is 3.43. The molecule has 0 radical (unpaired) electrons. The number of hydrogen-bond acceptors (Lipinski definition) is 10. The maximum atomic E-state index is 10.3. The molecule has 31 heavy (non-hydrogen) atoms. The van der Waals surface area contributed by atoms with Crippen LogP contribution in [-0.2, 0) is 11.2 Å². The van der Waals surface area contributed by atoms with Crippen LogP contribution in [-0.4, -0.2) is 75.9 Å². The fraction of sp³-hybridized carbons (Fsp3) is 0.500. The standard InChI is InChI=1S/C18H23ClN8O4/c1-2-3-4-11-24-9(15(19)25-11)5-23-26-16-12-17(21-7-20-16)27(8-22-12)18-14(30)13(29)10(6-28)31-18/h5,7-8,10,13-14,18,28-30H,2-4,6H2,1H3,(H,24,25)(H,20,21,26)/b23-5+/t10-,13-,14-,18-/m1/s1. The third-order valence-electron chi connectivity index (χ3n) is 5.01. The number of hydrazone groups is 1. The molecule has 12 nitrogen and oxygen atoms in total. The quantitative estimate of drug-likeness (QED) is 0.244. The summed E-state index contributed by atoms with van der Waals surface area (Å²) in [5.41, 5.74) is 4.05. The van der Waals surface area contributed by atoms with Crippen LogP contribution in [0, 0.1) is 0 Å². The molecule has 0 amide bonds.